The van der Waals surface area contributed by atoms with Crippen molar-refractivity contribution in [3.63, 3.8) is 0 Å². The number of hydrogen-bond donors (Lipinski definition) is 1. The van der Waals surface area contributed by atoms with Crippen LogP contribution in [-0.4, -0.2) is 32.4 Å². The Hall–Kier alpha value is -1.07. The van der Waals surface area contributed by atoms with Gasteiger partial charge in [-0.25, -0.2) is 8.42 Å². The van der Waals surface area contributed by atoms with Gasteiger partial charge in [0.1, 0.15) is 0 Å². The summed E-state index contributed by atoms with van der Waals surface area (Å²) in [6.07, 6.45) is 4.03. The van der Waals surface area contributed by atoms with Gasteiger partial charge < -0.3 is 5.32 Å². The Labute approximate surface area is 122 Å². The maximum Gasteiger partial charge on any atom is 0.243 e. The summed E-state index contributed by atoms with van der Waals surface area (Å²) in [5.74, 6) is 0. The first-order chi connectivity index (χ1) is 9.59. The highest BCUT2D eigenvalue weighted by atomic mass is 32.2. The Kier molecular flexibility index (Phi) is 5.05. The van der Waals surface area contributed by atoms with Crippen molar-refractivity contribution in [2.45, 2.75) is 44.4 Å². The van der Waals surface area contributed by atoms with Gasteiger partial charge >= 0.3 is 0 Å². The minimum Gasteiger partial charge on any atom is -0.385 e. The summed E-state index contributed by atoms with van der Waals surface area (Å²) in [6, 6.07) is 5.48. The maximum absolute atomic E-state index is 12.7. The zero-order valence-electron chi connectivity index (χ0n) is 12.4. The number of sulfonamides is 1. The molecule has 20 heavy (non-hydrogen) atoms. The highest BCUT2D eigenvalue weighted by Crippen LogP contribution is 2.26. The second kappa shape index (κ2) is 6.59. The van der Waals surface area contributed by atoms with Gasteiger partial charge in [0.15, 0.2) is 0 Å². The third kappa shape index (κ3) is 3.15. The first-order valence-corrected chi connectivity index (χ1v) is 8.90. The summed E-state index contributed by atoms with van der Waals surface area (Å²) in [6.45, 7) is 6.00. The molecule has 112 valence electrons. The topological polar surface area (TPSA) is 49.4 Å². The smallest absolute Gasteiger partial charge is 0.243 e. The Morgan fingerprint density at radius 3 is 2.80 bits per heavy atom. The van der Waals surface area contributed by atoms with Crippen molar-refractivity contribution in [3.8, 4) is 0 Å². The molecule has 0 spiro atoms. The number of hydrogen-bond acceptors (Lipinski definition) is 3. The van der Waals surface area contributed by atoms with Crippen LogP contribution in [0.15, 0.2) is 23.1 Å². The zero-order valence-corrected chi connectivity index (χ0v) is 13.2. The van der Waals surface area contributed by atoms with Crippen LogP contribution in [0, 0.1) is 0 Å². The number of fused-ring (bicyclic) bond motifs is 1. The molecule has 0 fully saturated rings. The number of anilines is 1. The van der Waals surface area contributed by atoms with Crippen LogP contribution >= 0.6 is 0 Å². The van der Waals surface area contributed by atoms with Gasteiger partial charge in [-0.1, -0.05) is 26.3 Å². The van der Waals surface area contributed by atoms with Gasteiger partial charge in [-0.2, -0.15) is 4.31 Å². The summed E-state index contributed by atoms with van der Waals surface area (Å²) in [7, 11) is -3.36. The number of benzene rings is 1. The van der Waals surface area contributed by atoms with Gasteiger partial charge in [-0.05, 0) is 37.0 Å². The van der Waals surface area contributed by atoms with Crippen molar-refractivity contribution in [2.75, 3.05) is 25.0 Å². The summed E-state index contributed by atoms with van der Waals surface area (Å²) < 4.78 is 26.9. The van der Waals surface area contributed by atoms with Crippen LogP contribution in [-0.2, 0) is 16.4 Å². The molecule has 1 aliphatic rings. The van der Waals surface area contributed by atoms with Crippen molar-refractivity contribution in [1.29, 1.82) is 0 Å². The third-order valence-electron chi connectivity index (χ3n) is 3.77. The van der Waals surface area contributed by atoms with Crippen molar-refractivity contribution in [3.05, 3.63) is 23.8 Å². The van der Waals surface area contributed by atoms with E-state index in [4.69, 9.17) is 0 Å². The van der Waals surface area contributed by atoms with Crippen LogP contribution in [0.25, 0.3) is 0 Å². The van der Waals surface area contributed by atoms with Crippen LogP contribution < -0.4 is 5.32 Å². The molecule has 0 unspecified atom stereocenters. The molecule has 5 heteroatoms. The number of unbranched alkanes of at least 4 members (excludes halogenated alkanes) is 1. The minimum absolute atomic E-state index is 0.406. The molecule has 1 aliphatic heterocycles. The molecular formula is C15H24N2O2S. The molecule has 1 N–H and O–H groups in total. The highest BCUT2D eigenvalue weighted by Gasteiger charge is 2.23. The molecule has 0 aromatic heterocycles. The van der Waals surface area contributed by atoms with Crippen LogP contribution in [0.5, 0.6) is 0 Å². The summed E-state index contributed by atoms with van der Waals surface area (Å²) in [4.78, 5) is 0.406. The van der Waals surface area contributed by atoms with E-state index in [0.717, 1.165) is 37.9 Å². The average Bonchev–Trinajstić information content (AvgIpc) is 2.47. The van der Waals surface area contributed by atoms with E-state index in [9.17, 15) is 8.42 Å². The lowest BCUT2D eigenvalue weighted by molar-refractivity contribution is 0.419. The number of nitrogens with zero attached hydrogens (tertiary/aromatic N) is 1. The Balaban J connectivity index is 2.28. The van der Waals surface area contributed by atoms with Gasteiger partial charge in [0.05, 0.1) is 4.90 Å². The number of nitrogens with one attached hydrogen (secondary N) is 1. The predicted molar refractivity (Wildman–Crippen MR) is 82.6 cm³/mol. The average molecular weight is 296 g/mol. The molecule has 2 rings (SSSR count). The molecular weight excluding hydrogens is 272 g/mol. The van der Waals surface area contributed by atoms with Gasteiger partial charge in [-0.15, -0.1) is 0 Å². The monoisotopic (exact) mass is 296 g/mol. The van der Waals surface area contributed by atoms with Crippen LogP contribution in [0.1, 0.15) is 38.7 Å². The van der Waals surface area contributed by atoms with Gasteiger partial charge in [0, 0.05) is 25.3 Å². The predicted octanol–water partition coefficient (Wildman–Crippen LogP) is 2.86. The van der Waals surface area contributed by atoms with Crippen molar-refractivity contribution < 1.29 is 8.42 Å². The molecule has 0 saturated carbocycles. The van der Waals surface area contributed by atoms with E-state index in [1.54, 1.807) is 16.4 Å². The molecule has 0 radical (unpaired) electrons. The standard InChI is InChI=1S/C15H24N2O2S/c1-3-5-11-17(4-2)20(18,19)14-9-8-13-7-6-10-16-15(13)12-14/h8-9,12,16H,3-7,10-11H2,1-2H3. The second-order valence-corrected chi connectivity index (χ2v) is 7.14. The highest BCUT2D eigenvalue weighted by molar-refractivity contribution is 7.89. The number of rotatable bonds is 6. The lowest BCUT2D eigenvalue weighted by atomic mass is 10.0. The quantitative estimate of drug-likeness (QED) is 0.878. The Morgan fingerprint density at radius 2 is 2.10 bits per heavy atom. The molecule has 0 saturated heterocycles. The maximum atomic E-state index is 12.7. The fourth-order valence-electron chi connectivity index (χ4n) is 2.53. The van der Waals surface area contributed by atoms with Crippen LogP contribution in [0.4, 0.5) is 5.69 Å². The summed E-state index contributed by atoms with van der Waals surface area (Å²) >= 11 is 0. The fourth-order valence-corrected chi connectivity index (χ4v) is 4.05. The normalized spacial score (nSPS) is 14.9. The summed E-state index contributed by atoms with van der Waals surface area (Å²) in [5, 5.41) is 3.29. The molecule has 1 heterocycles. The van der Waals surface area contributed by atoms with E-state index in [2.05, 4.69) is 12.2 Å². The van der Waals surface area contributed by atoms with E-state index in [-0.39, 0.29) is 0 Å². The molecule has 1 aromatic rings. The zero-order chi connectivity index (χ0) is 14.6. The van der Waals surface area contributed by atoms with Gasteiger partial charge in [0.2, 0.25) is 10.0 Å². The fraction of sp³-hybridized carbons (Fsp3) is 0.600. The lowest BCUT2D eigenvalue weighted by Crippen LogP contribution is -2.32. The molecule has 0 aliphatic carbocycles. The Morgan fingerprint density at radius 1 is 1.30 bits per heavy atom. The van der Waals surface area contributed by atoms with E-state index in [0.29, 0.717) is 18.0 Å². The Bertz CT molecular complexity index is 555. The van der Waals surface area contributed by atoms with Crippen molar-refractivity contribution in [2.24, 2.45) is 0 Å². The lowest BCUT2D eigenvalue weighted by Gasteiger charge is -2.23. The SMILES string of the molecule is CCCCN(CC)S(=O)(=O)c1ccc2c(c1)NCCC2. The second-order valence-electron chi connectivity index (χ2n) is 5.20. The van der Waals surface area contributed by atoms with E-state index in [1.165, 1.54) is 5.56 Å². The van der Waals surface area contributed by atoms with Gasteiger partial charge in [-0.3, -0.25) is 0 Å². The molecule has 1 aromatic carbocycles. The van der Waals surface area contributed by atoms with Crippen molar-refractivity contribution >= 4 is 15.7 Å². The van der Waals surface area contributed by atoms with Crippen LogP contribution in [0.3, 0.4) is 0 Å². The van der Waals surface area contributed by atoms with Crippen LogP contribution in [0.2, 0.25) is 0 Å². The minimum atomic E-state index is -3.36. The third-order valence-corrected chi connectivity index (χ3v) is 5.74. The van der Waals surface area contributed by atoms with Gasteiger partial charge in [0.25, 0.3) is 0 Å². The first-order valence-electron chi connectivity index (χ1n) is 7.46. The summed E-state index contributed by atoms with van der Waals surface area (Å²) in [5.41, 5.74) is 2.19. The molecule has 0 amide bonds. The van der Waals surface area contributed by atoms with E-state index < -0.39 is 10.0 Å². The molecule has 4 nitrogen and oxygen atoms in total. The number of aryl methyl sites for hydroxylation is 1. The first kappa shape index (κ1) is 15.3. The molecule has 0 bridgehead atoms. The van der Waals surface area contributed by atoms with Crippen molar-refractivity contribution in [1.82, 2.24) is 4.31 Å². The largest absolute Gasteiger partial charge is 0.385 e. The van der Waals surface area contributed by atoms with E-state index >= 15 is 0 Å². The van der Waals surface area contributed by atoms with E-state index in [1.807, 2.05) is 13.0 Å². The molecule has 0 atom stereocenters.